The highest BCUT2D eigenvalue weighted by molar-refractivity contribution is 7.20. The number of aryl methyl sites for hydroxylation is 1. The summed E-state index contributed by atoms with van der Waals surface area (Å²) >= 11 is 7.05. The number of hydrogen-bond acceptors (Lipinski definition) is 5. The zero-order chi connectivity index (χ0) is 18.3. The molecule has 3 heterocycles. The number of anilines is 2. The van der Waals surface area contributed by atoms with Crippen molar-refractivity contribution < 1.29 is 9.18 Å². The van der Waals surface area contributed by atoms with Crippen LogP contribution in [0.15, 0.2) is 24.5 Å². The first-order chi connectivity index (χ1) is 12.5. The molecule has 0 atom stereocenters. The minimum absolute atomic E-state index is 0.0992. The van der Waals surface area contributed by atoms with Gasteiger partial charge in [0.1, 0.15) is 22.8 Å². The summed E-state index contributed by atoms with van der Waals surface area (Å²) in [4.78, 5) is 25.0. The minimum Gasteiger partial charge on any atom is -0.356 e. The summed E-state index contributed by atoms with van der Waals surface area (Å²) in [5.74, 6) is -0.0563. The molecule has 26 heavy (non-hydrogen) atoms. The van der Waals surface area contributed by atoms with Crippen LogP contribution in [0.1, 0.15) is 28.1 Å². The number of benzene rings is 1. The quantitative estimate of drug-likeness (QED) is 0.707. The van der Waals surface area contributed by atoms with Crippen molar-refractivity contribution in [3.05, 3.63) is 45.8 Å². The van der Waals surface area contributed by atoms with E-state index in [-0.39, 0.29) is 16.6 Å². The maximum absolute atomic E-state index is 14.0. The van der Waals surface area contributed by atoms with Gasteiger partial charge in [-0.2, -0.15) is 0 Å². The Morgan fingerprint density at radius 1 is 1.31 bits per heavy atom. The Hall–Kier alpha value is -2.25. The van der Waals surface area contributed by atoms with Gasteiger partial charge in [-0.15, -0.1) is 11.3 Å². The molecular weight excluding hydrogens is 375 g/mol. The van der Waals surface area contributed by atoms with Gasteiger partial charge in [0.05, 0.1) is 16.0 Å². The molecule has 1 aliphatic heterocycles. The molecule has 1 aromatic carbocycles. The van der Waals surface area contributed by atoms with Crippen molar-refractivity contribution in [2.75, 3.05) is 23.3 Å². The first kappa shape index (κ1) is 17.2. The molecule has 134 valence electrons. The summed E-state index contributed by atoms with van der Waals surface area (Å²) in [6.07, 6.45) is 3.81. The molecule has 5 nitrogen and oxygen atoms in total. The fourth-order valence-corrected chi connectivity index (χ4v) is 4.41. The number of halogens is 2. The smallest absolute Gasteiger partial charge is 0.266 e. The van der Waals surface area contributed by atoms with Gasteiger partial charge in [-0.1, -0.05) is 11.6 Å². The zero-order valence-electron chi connectivity index (χ0n) is 14.1. The number of nitrogens with one attached hydrogen (secondary N) is 1. The molecule has 2 aromatic heterocycles. The summed E-state index contributed by atoms with van der Waals surface area (Å²) in [6, 6.07) is 4.16. The molecule has 0 unspecified atom stereocenters. The molecule has 0 aliphatic carbocycles. The van der Waals surface area contributed by atoms with Crippen LogP contribution in [-0.2, 0) is 0 Å². The number of nitrogens with zero attached hydrogens (tertiary/aromatic N) is 3. The highest BCUT2D eigenvalue weighted by atomic mass is 35.5. The number of aromatic nitrogens is 2. The van der Waals surface area contributed by atoms with E-state index in [1.54, 1.807) is 0 Å². The number of fused-ring (bicyclic) bond motifs is 1. The van der Waals surface area contributed by atoms with Crippen molar-refractivity contribution in [1.29, 1.82) is 0 Å². The molecular formula is C18H16ClFN4OS. The van der Waals surface area contributed by atoms with E-state index in [9.17, 15) is 9.18 Å². The van der Waals surface area contributed by atoms with Crippen molar-refractivity contribution in [1.82, 2.24) is 9.97 Å². The minimum atomic E-state index is -0.567. The number of carbonyl (C=O) groups is 1. The van der Waals surface area contributed by atoms with E-state index in [1.165, 1.54) is 35.9 Å². The van der Waals surface area contributed by atoms with Crippen LogP contribution in [0.25, 0.3) is 10.2 Å². The molecule has 1 saturated heterocycles. The van der Waals surface area contributed by atoms with Crippen molar-refractivity contribution in [2.24, 2.45) is 0 Å². The molecule has 3 aromatic rings. The summed E-state index contributed by atoms with van der Waals surface area (Å²) in [5.41, 5.74) is 0.918. The lowest BCUT2D eigenvalue weighted by atomic mass is 10.2. The maximum Gasteiger partial charge on any atom is 0.266 e. The first-order valence-electron chi connectivity index (χ1n) is 8.30. The maximum atomic E-state index is 14.0. The second-order valence-corrected chi connectivity index (χ2v) is 7.64. The number of thiophene rings is 1. The Morgan fingerprint density at radius 2 is 2.08 bits per heavy atom. The highest BCUT2D eigenvalue weighted by Gasteiger charge is 2.23. The fraction of sp³-hybridized carbons (Fsp3) is 0.278. The van der Waals surface area contributed by atoms with Gasteiger partial charge in [0.15, 0.2) is 0 Å². The summed E-state index contributed by atoms with van der Waals surface area (Å²) in [7, 11) is 0. The second-order valence-electron chi connectivity index (χ2n) is 6.21. The Morgan fingerprint density at radius 3 is 2.81 bits per heavy atom. The normalized spacial score (nSPS) is 14.2. The summed E-state index contributed by atoms with van der Waals surface area (Å²) in [6.45, 7) is 3.80. The lowest BCUT2D eigenvalue weighted by Crippen LogP contribution is -2.19. The van der Waals surface area contributed by atoms with Gasteiger partial charge in [0.2, 0.25) is 0 Å². The van der Waals surface area contributed by atoms with Crippen LogP contribution >= 0.6 is 22.9 Å². The summed E-state index contributed by atoms with van der Waals surface area (Å²) < 4.78 is 14.0. The average molecular weight is 391 g/mol. The van der Waals surface area contributed by atoms with Gasteiger partial charge in [0, 0.05) is 18.1 Å². The van der Waals surface area contributed by atoms with Crippen LogP contribution in [0.4, 0.5) is 15.9 Å². The largest absolute Gasteiger partial charge is 0.356 e. The third-order valence-electron chi connectivity index (χ3n) is 4.50. The first-order valence-corrected chi connectivity index (χ1v) is 9.49. The van der Waals surface area contributed by atoms with Crippen molar-refractivity contribution in [3.8, 4) is 0 Å². The van der Waals surface area contributed by atoms with Gasteiger partial charge < -0.3 is 10.2 Å². The lowest BCUT2D eigenvalue weighted by molar-refractivity contribution is 0.102. The molecule has 8 heteroatoms. The third-order valence-corrected chi connectivity index (χ3v) is 5.93. The zero-order valence-corrected chi connectivity index (χ0v) is 15.6. The predicted octanol–water partition coefficient (Wildman–Crippen LogP) is 4.64. The van der Waals surface area contributed by atoms with Crippen LogP contribution in [0.2, 0.25) is 5.02 Å². The standard InChI is InChI=1S/C18H16ClFN4OS/c1-10-14-16(24-6-2-3-7-24)21-9-22-18(14)26-15(10)17(25)23-13-5-4-11(19)8-12(13)20/h4-5,8-9H,2-3,6-7H2,1H3,(H,23,25). The third kappa shape index (κ3) is 3.01. The Bertz CT molecular complexity index is 1000. The van der Waals surface area contributed by atoms with Gasteiger partial charge in [-0.25, -0.2) is 14.4 Å². The monoisotopic (exact) mass is 390 g/mol. The van der Waals surface area contributed by atoms with Crippen molar-refractivity contribution in [2.45, 2.75) is 19.8 Å². The van der Waals surface area contributed by atoms with E-state index < -0.39 is 5.82 Å². The Kier molecular flexibility index (Phi) is 4.50. The number of carbonyl (C=O) groups excluding carboxylic acids is 1. The van der Waals surface area contributed by atoms with Gasteiger partial charge in [-0.05, 0) is 43.5 Å². The van der Waals surface area contributed by atoms with Gasteiger partial charge in [-0.3, -0.25) is 4.79 Å². The molecule has 0 spiro atoms. The van der Waals surface area contributed by atoms with Crippen LogP contribution in [0.3, 0.4) is 0 Å². The average Bonchev–Trinajstić information content (AvgIpc) is 3.26. The van der Waals surface area contributed by atoms with Crippen LogP contribution in [-0.4, -0.2) is 29.0 Å². The Labute approximate surface area is 158 Å². The number of hydrogen-bond donors (Lipinski definition) is 1. The van der Waals surface area contributed by atoms with E-state index in [0.717, 1.165) is 47.5 Å². The van der Waals surface area contributed by atoms with E-state index in [0.29, 0.717) is 4.88 Å². The fourth-order valence-electron chi connectivity index (χ4n) is 3.21. The molecule has 0 bridgehead atoms. The van der Waals surface area contributed by atoms with Crippen molar-refractivity contribution in [3.63, 3.8) is 0 Å². The van der Waals surface area contributed by atoms with Crippen LogP contribution < -0.4 is 10.2 Å². The molecule has 1 N–H and O–H groups in total. The van der Waals surface area contributed by atoms with Gasteiger partial charge in [0.25, 0.3) is 5.91 Å². The lowest BCUT2D eigenvalue weighted by Gasteiger charge is -2.17. The van der Waals surface area contributed by atoms with E-state index >= 15 is 0 Å². The molecule has 1 aliphatic rings. The Balaban J connectivity index is 1.71. The second kappa shape index (κ2) is 6.81. The van der Waals surface area contributed by atoms with E-state index in [1.807, 2.05) is 6.92 Å². The topological polar surface area (TPSA) is 58.1 Å². The van der Waals surface area contributed by atoms with Crippen LogP contribution in [0, 0.1) is 12.7 Å². The molecule has 1 fully saturated rings. The number of rotatable bonds is 3. The molecule has 0 radical (unpaired) electrons. The van der Waals surface area contributed by atoms with Crippen LogP contribution in [0.5, 0.6) is 0 Å². The number of amides is 1. The molecule has 1 amide bonds. The van der Waals surface area contributed by atoms with E-state index in [2.05, 4.69) is 20.2 Å². The van der Waals surface area contributed by atoms with Crippen molar-refractivity contribution >= 4 is 50.6 Å². The highest BCUT2D eigenvalue weighted by Crippen LogP contribution is 2.36. The predicted molar refractivity (Wildman–Crippen MR) is 103 cm³/mol. The summed E-state index contributed by atoms with van der Waals surface area (Å²) in [5, 5.41) is 3.81. The molecule has 4 rings (SSSR count). The molecule has 0 saturated carbocycles. The van der Waals surface area contributed by atoms with Gasteiger partial charge >= 0.3 is 0 Å². The SMILES string of the molecule is Cc1c(C(=O)Nc2ccc(Cl)cc2F)sc2ncnc(N3CCCC3)c12. The van der Waals surface area contributed by atoms with E-state index in [4.69, 9.17) is 11.6 Å².